The predicted octanol–water partition coefficient (Wildman–Crippen LogP) is 2.67. The van der Waals surface area contributed by atoms with Crippen LogP contribution in [0.5, 0.6) is 0 Å². The van der Waals surface area contributed by atoms with Gasteiger partial charge in [0.05, 0.1) is 0 Å². The largest absolute Gasteiger partial charge is 0.349 e. The Morgan fingerprint density at radius 2 is 1.87 bits per heavy atom. The zero-order chi connectivity index (χ0) is 11.1. The Morgan fingerprint density at radius 3 is 2.13 bits per heavy atom. The number of aromatic amines is 1. The van der Waals surface area contributed by atoms with Crippen LogP contribution in [0.25, 0.3) is 0 Å². The molecule has 3 heteroatoms. The fourth-order valence-corrected chi connectivity index (χ4v) is 1.17. The summed E-state index contributed by atoms with van der Waals surface area (Å²) in [5.74, 6) is 1.06. The van der Waals surface area contributed by atoms with E-state index in [9.17, 15) is 0 Å². The van der Waals surface area contributed by atoms with Gasteiger partial charge in [0.25, 0.3) is 0 Å². The molecule has 0 amide bonds. The standard InChI is InChI=1S/C7H9N.C5H8N2/c1-6-4-3-5-7(2)8-6;1-2-5-6-3-4-7-5/h3-5H,1-2H3;3-4H,2H2,1H3,(H,6,7). The molecule has 0 saturated carbocycles. The van der Waals surface area contributed by atoms with Crippen LogP contribution in [0.2, 0.25) is 0 Å². The van der Waals surface area contributed by atoms with E-state index < -0.39 is 0 Å². The van der Waals surface area contributed by atoms with E-state index in [0.717, 1.165) is 23.6 Å². The molecule has 0 unspecified atom stereocenters. The lowest BCUT2D eigenvalue weighted by Crippen LogP contribution is -1.81. The molecule has 0 bridgehead atoms. The summed E-state index contributed by atoms with van der Waals surface area (Å²) in [4.78, 5) is 11.1. The summed E-state index contributed by atoms with van der Waals surface area (Å²) in [6, 6.07) is 6.00. The molecule has 2 rings (SSSR count). The molecule has 2 aromatic heterocycles. The normalized spacial score (nSPS) is 9.27. The summed E-state index contributed by atoms with van der Waals surface area (Å²) >= 11 is 0. The second kappa shape index (κ2) is 5.96. The van der Waals surface area contributed by atoms with Gasteiger partial charge in [-0.1, -0.05) is 13.0 Å². The molecular weight excluding hydrogens is 186 g/mol. The van der Waals surface area contributed by atoms with Gasteiger partial charge in [-0.05, 0) is 26.0 Å². The monoisotopic (exact) mass is 203 g/mol. The molecule has 0 aliphatic heterocycles. The maximum absolute atomic E-state index is 4.17. The highest BCUT2D eigenvalue weighted by Crippen LogP contribution is 1.93. The Bertz CT molecular complexity index is 362. The Labute approximate surface area is 90.6 Å². The van der Waals surface area contributed by atoms with Gasteiger partial charge < -0.3 is 4.98 Å². The fourth-order valence-electron chi connectivity index (χ4n) is 1.17. The van der Waals surface area contributed by atoms with E-state index in [-0.39, 0.29) is 0 Å². The summed E-state index contributed by atoms with van der Waals surface area (Å²) < 4.78 is 0. The SMILES string of the molecule is CCc1ncc[nH]1.Cc1cccc(C)n1. The number of hydrogen-bond acceptors (Lipinski definition) is 2. The highest BCUT2D eigenvalue weighted by molar-refractivity contribution is 5.07. The lowest BCUT2D eigenvalue weighted by Gasteiger charge is -1.90. The van der Waals surface area contributed by atoms with Gasteiger partial charge in [0, 0.05) is 30.2 Å². The first-order valence-electron chi connectivity index (χ1n) is 5.11. The second-order valence-electron chi connectivity index (χ2n) is 3.31. The quantitative estimate of drug-likeness (QED) is 0.774. The maximum atomic E-state index is 4.17. The number of pyridine rings is 1. The van der Waals surface area contributed by atoms with Crippen LogP contribution >= 0.6 is 0 Å². The van der Waals surface area contributed by atoms with E-state index >= 15 is 0 Å². The molecule has 15 heavy (non-hydrogen) atoms. The average molecular weight is 203 g/mol. The van der Waals surface area contributed by atoms with Crippen molar-refractivity contribution in [3.8, 4) is 0 Å². The third-order valence-electron chi connectivity index (χ3n) is 1.92. The lowest BCUT2D eigenvalue weighted by atomic mass is 10.3. The summed E-state index contributed by atoms with van der Waals surface area (Å²) in [6.45, 7) is 6.05. The van der Waals surface area contributed by atoms with Gasteiger partial charge in [-0.2, -0.15) is 0 Å². The van der Waals surface area contributed by atoms with Crippen LogP contribution < -0.4 is 0 Å². The highest BCUT2D eigenvalue weighted by Gasteiger charge is 1.83. The van der Waals surface area contributed by atoms with Crippen molar-refractivity contribution >= 4 is 0 Å². The second-order valence-corrected chi connectivity index (χ2v) is 3.31. The number of H-pyrrole nitrogens is 1. The molecule has 0 saturated heterocycles. The summed E-state index contributed by atoms with van der Waals surface area (Å²) in [5, 5.41) is 0. The smallest absolute Gasteiger partial charge is 0.105 e. The van der Waals surface area contributed by atoms with Gasteiger partial charge in [0.1, 0.15) is 5.82 Å². The van der Waals surface area contributed by atoms with Crippen molar-refractivity contribution < 1.29 is 0 Å². The molecule has 0 fully saturated rings. The van der Waals surface area contributed by atoms with Gasteiger partial charge in [-0.25, -0.2) is 4.98 Å². The molecule has 0 aliphatic rings. The molecular formula is C12H17N3. The van der Waals surface area contributed by atoms with Crippen molar-refractivity contribution in [1.82, 2.24) is 15.0 Å². The first-order valence-corrected chi connectivity index (χ1v) is 5.11. The van der Waals surface area contributed by atoms with Crippen molar-refractivity contribution in [3.63, 3.8) is 0 Å². The van der Waals surface area contributed by atoms with Crippen molar-refractivity contribution in [2.45, 2.75) is 27.2 Å². The van der Waals surface area contributed by atoms with Crippen LogP contribution in [0.1, 0.15) is 24.1 Å². The van der Waals surface area contributed by atoms with E-state index in [2.05, 4.69) is 21.9 Å². The first kappa shape index (κ1) is 11.4. The Balaban J connectivity index is 0.000000151. The van der Waals surface area contributed by atoms with Crippen molar-refractivity contribution in [2.75, 3.05) is 0 Å². The molecule has 2 aromatic rings. The van der Waals surface area contributed by atoms with Gasteiger partial charge in [0.15, 0.2) is 0 Å². The molecule has 0 spiro atoms. The van der Waals surface area contributed by atoms with Gasteiger partial charge >= 0.3 is 0 Å². The molecule has 0 aliphatic carbocycles. The van der Waals surface area contributed by atoms with Gasteiger partial charge in [-0.3, -0.25) is 4.98 Å². The van der Waals surface area contributed by atoms with Gasteiger partial charge in [0.2, 0.25) is 0 Å². The van der Waals surface area contributed by atoms with Crippen LogP contribution in [-0.2, 0) is 6.42 Å². The highest BCUT2D eigenvalue weighted by atomic mass is 14.9. The fraction of sp³-hybridized carbons (Fsp3) is 0.333. The zero-order valence-electron chi connectivity index (χ0n) is 9.49. The predicted molar refractivity (Wildman–Crippen MR) is 61.7 cm³/mol. The molecule has 0 radical (unpaired) electrons. The van der Waals surface area contributed by atoms with Crippen LogP contribution in [0.3, 0.4) is 0 Å². The first-order chi connectivity index (χ1) is 7.22. The Kier molecular flexibility index (Phi) is 4.54. The summed E-state index contributed by atoms with van der Waals surface area (Å²) in [6.07, 6.45) is 4.59. The van der Waals surface area contributed by atoms with E-state index in [1.165, 1.54) is 0 Å². The lowest BCUT2D eigenvalue weighted by molar-refractivity contribution is 0.990. The minimum atomic E-state index is 0.993. The topological polar surface area (TPSA) is 41.6 Å². The van der Waals surface area contributed by atoms with Crippen molar-refractivity contribution in [3.05, 3.63) is 47.8 Å². The van der Waals surface area contributed by atoms with Crippen LogP contribution in [0.4, 0.5) is 0 Å². The number of nitrogens with zero attached hydrogens (tertiary/aromatic N) is 2. The average Bonchev–Trinajstić information content (AvgIpc) is 2.70. The van der Waals surface area contributed by atoms with Crippen LogP contribution in [0.15, 0.2) is 30.6 Å². The number of rotatable bonds is 1. The molecule has 0 atom stereocenters. The van der Waals surface area contributed by atoms with E-state index in [1.54, 1.807) is 6.20 Å². The molecule has 2 heterocycles. The molecule has 1 N–H and O–H groups in total. The van der Waals surface area contributed by atoms with Crippen LogP contribution in [-0.4, -0.2) is 15.0 Å². The third kappa shape index (κ3) is 4.40. The van der Waals surface area contributed by atoms with E-state index in [4.69, 9.17) is 0 Å². The zero-order valence-corrected chi connectivity index (χ0v) is 9.49. The molecule has 80 valence electrons. The van der Waals surface area contributed by atoms with Crippen molar-refractivity contribution in [2.24, 2.45) is 0 Å². The Morgan fingerprint density at radius 1 is 1.20 bits per heavy atom. The maximum Gasteiger partial charge on any atom is 0.105 e. The van der Waals surface area contributed by atoms with Crippen LogP contribution in [0, 0.1) is 13.8 Å². The number of imidazole rings is 1. The minimum Gasteiger partial charge on any atom is -0.349 e. The van der Waals surface area contributed by atoms with Gasteiger partial charge in [-0.15, -0.1) is 0 Å². The number of hydrogen-bond donors (Lipinski definition) is 1. The van der Waals surface area contributed by atoms with E-state index in [0.29, 0.717) is 0 Å². The van der Waals surface area contributed by atoms with E-state index in [1.807, 2.05) is 38.2 Å². The minimum absolute atomic E-state index is 0.993. The molecule has 3 nitrogen and oxygen atoms in total. The Hall–Kier alpha value is -1.64. The number of aryl methyl sites for hydroxylation is 3. The summed E-state index contributed by atoms with van der Waals surface area (Å²) in [5.41, 5.74) is 2.18. The summed E-state index contributed by atoms with van der Waals surface area (Å²) in [7, 11) is 0. The number of nitrogens with one attached hydrogen (secondary N) is 1. The molecule has 0 aromatic carbocycles. The third-order valence-corrected chi connectivity index (χ3v) is 1.92. The van der Waals surface area contributed by atoms with Crippen molar-refractivity contribution in [1.29, 1.82) is 0 Å². The number of aromatic nitrogens is 3.